The SMILES string of the molecule is CC(C)CNC(=O)c1c(N)n(/N=C\c2ccc(C(C)(C)C)cc2)c2nc3ccccc3nc12. The minimum Gasteiger partial charge on any atom is -0.383 e. The second-order valence-corrected chi connectivity index (χ2v) is 9.68. The van der Waals surface area contributed by atoms with Crippen molar-refractivity contribution in [3.05, 3.63) is 65.2 Å². The Morgan fingerprint density at radius 2 is 1.73 bits per heavy atom. The Hall–Kier alpha value is -3.74. The second-order valence-electron chi connectivity index (χ2n) is 9.68. The van der Waals surface area contributed by atoms with Gasteiger partial charge < -0.3 is 11.1 Å². The van der Waals surface area contributed by atoms with E-state index in [9.17, 15) is 4.79 Å². The highest BCUT2D eigenvalue weighted by Gasteiger charge is 2.24. The zero-order valence-corrected chi connectivity index (χ0v) is 19.8. The fourth-order valence-corrected chi connectivity index (χ4v) is 3.57. The number of nitrogens with one attached hydrogen (secondary N) is 1. The van der Waals surface area contributed by atoms with Crippen LogP contribution in [0.1, 0.15) is 56.1 Å². The van der Waals surface area contributed by atoms with E-state index in [1.807, 2.05) is 50.2 Å². The first-order chi connectivity index (χ1) is 15.6. The molecule has 0 aliphatic heterocycles. The number of benzene rings is 2. The summed E-state index contributed by atoms with van der Waals surface area (Å²) in [5.74, 6) is 0.243. The molecule has 2 heterocycles. The molecule has 0 aliphatic rings. The van der Waals surface area contributed by atoms with Gasteiger partial charge in [0.15, 0.2) is 5.65 Å². The first-order valence-corrected chi connectivity index (χ1v) is 11.1. The maximum Gasteiger partial charge on any atom is 0.257 e. The van der Waals surface area contributed by atoms with Gasteiger partial charge in [-0.25, -0.2) is 9.97 Å². The molecule has 33 heavy (non-hydrogen) atoms. The largest absolute Gasteiger partial charge is 0.383 e. The maximum atomic E-state index is 13.0. The monoisotopic (exact) mass is 442 g/mol. The van der Waals surface area contributed by atoms with Crippen molar-refractivity contribution in [2.75, 3.05) is 12.3 Å². The van der Waals surface area contributed by atoms with Gasteiger partial charge in [-0.3, -0.25) is 4.79 Å². The zero-order valence-electron chi connectivity index (χ0n) is 19.8. The van der Waals surface area contributed by atoms with Crippen LogP contribution in [0.2, 0.25) is 0 Å². The van der Waals surface area contributed by atoms with Gasteiger partial charge in [-0.05, 0) is 34.6 Å². The third kappa shape index (κ3) is 4.58. The third-order valence-corrected chi connectivity index (χ3v) is 5.47. The number of amides is 1. The Labute approximate surface area is 193 Å². The standard InChI is InChI=1S/C26H30N6O/c1-16(2)14-28-25(33)21-22-24(31-20-9-7-6-8-19(20)30-22)32(23(21)27)29-15-17-10-12-18(13-11-17)26(3,4)5/h6-13,15-16H,14,27H2,1-5H3,(H,28,33)/b29-15-. The molecule has 170 valence electrons. The van der Waals surface area contributed by atoms with Crippen molar-refractivity contribution >= 4 is 40.1 Å². The van der Waals surface area contributed by atoms with Gasteiger partial charge in [0.1, 0.15) is 16.9 Å². The van der Waals surface area contributed by atoms with Crippen molar-refractivity contribution in [1.82, 2.24) is 20.0 Å². The van der Waals surface area contributed by atoms with E-state index in [4.69, 9.17) is 15.7 Å². The van der Waals surface area contributed by atoms with Crippen LogP contribution < -0.4 is 11.1 Å². The molecule has 0 aliphatic carbocycles. The average molecular weight is 443 g/mol. The summed E-state index contributed by atoms with van der Waals surface area (Å²) in [7, 11) is 0. The van der Waals surface area contributed by atoms with Crippen LogP contribution in [0.5, 0.6) is 0 Å². The molecule has 4 rings (SSSR count). The van der Waals surface area contributed by atoms with Gasteiger partial charge in [0.25, 0.3) is 5.91 Å². The fraction of sp³-hybridized carbons (Fsp3) is 0.308. The van der Waals surface area contributed by atoms with Crippen LogP contribution in [-0.4, -0.2) is 33.3 Å². The maximum absolute atomic E-state index is 13.0. The van der Waals surface area contributed by atoms with Crippen molar-refractivity contribution in [3.8, 4) is 0 Å². The van der Waals surface area contributed by atoms with E-state index in [1.54, 1.807) is 6.21 Å². The predicted molar refractivity (Wildman–Crippen MR) is 135 cm³/mol. The highest BCUT2D eigenvalue weighted by molar-refractivity contribution is 6.10. The fourth-order valence-electron chi connectivity index (χ4n) is 3.57. The molecular formula is C26H30N6O. The molecule has 0 saturated carbocycles. The predicted octanol–water partition coefficient (Wildman–Crippen LogP) is 4.73. The molecule has 0 saturated heterocycles. The number of carbonyl (C=O) groups is 1. The van der Waals surface area contributed by atoms with E-state index in [0.29, 0.717) is 40.2 Å². The summed E-state index contributed by atoms with van der Waals surface area (Å²) in [5, 5.41) is 7.52. The number of para-hydroxylation sites is 2. The normalized spacial score (nSPS) is 12.3. The summed E-state index contributed by atoms with van der Waals surface area (Å²) in [6, 6.07) is 15.8. The van der Waals surface area contributed by atoms with Crippen molar-refractivity contribution in [2.45, 2.75) is 40.0 Å². The topological polar surface area (TPSA) is 98.2 Å². The van der Waals surface area contributed by atoms with E-state index >= 15 is 0 Å². The molecule has 0 spiro atoms. The summed E-state index contributed by atoms with van der Waals surface area (Å²) in [5.41, 5.74) is 11.3. The summed E-state index contributed by atoms with van der Waals surface area (Å²) in [6.45, 7) is 11.1. The van der Waals surface area contributed by atoms with Gasteiger partial charge in [0, 0.05) is 6.54 Å². The molecule has 1 amide bonds. The lowest BCUT2D eigenvalue weighted by Gasteiger charge is -2.18. The van der Waals surface area contributed by atoms with Gasteiger partial charge >= 0.3 is 0 Å². The van der Waals surface area contributed by atoms with Crippen LogP contribution >= 0.6 is 0 Å². The molecule has 0 atom stereocenters. The summed E-state index contributed by atoms with van der Waals surface area (Å²) in [6.07, 6.45) is 1.72. The van der Waals surface area contributed by atoms with Gasteiger partial charge in [0.05, 0.1) is 17.2 Å². The number of carbonyl (C=O) groups excluding carboxylic acids is 1. The van der Waals surface area contributed by atoms with Crippen LogP contribution in [0, 0.1) is 5.92 Å². The summed E-state index contributed by atoms with van der Waals surface area (Å²) < 4.78 is 1.50. The van der Waals surface area contributed by atoms with E-state index in [0.717, 1.165) is 5.56 Å². The van der Waals surface area contributed by atoms with E-state index < -0.39 is 0 Å². The lowest BCUT2D eigenvalue weighted by atomic mass is 9.87. The summed E-state index contributed by atoms with van der Waals surface area (Å²) in [4.78, 5) is 22.4. The summed E-state index contributed by atoms with van der Waals surface area (Å²) >= 11 is 0. The molecule has 0 unspecified atom stereocenters. The lowest BCUT2D eigenvalue weighted by Crippen LogP contribution is -2.28. The number of nitrogens with two attached hydrogens (primary N) is 1. The number of nitrogen functional groups attached to an aromatic ring is 1. The van der Waals surface area contributed by atoms with Gasteiger partial charge in [-0.1, -0.05) is 71.0 Å². The Kier molecular flexibility index (Phi) is 5.89. The Bertz CT molecular complexity index is 1340. The molecule has 0 fully saturated rings. The van der Waals surface area contributed by atoms with Crippen molar-refractivity contribution < 1.29 is 4.79 Å². The van der Waals surface area contributed by atoms with Crippen molar-refractivity contribution in [3.63, 3.8) is 0 Å². The number of hydrogen-bond acceptors (Lipinski definition) is 5. The number of rotatable bonds is 5. The Morgan fingerprint density at radius 1 is 1.09 bits per heavy atom. The van der Waals surface area contributed by atoms with Crippen LogP contribution in [0.15, 0.2) is 53.6 Å². The first kappa shape index (κ1) is 22.5. The number of anilines is 1. The molecule has 3 N–H and O–H groups in total. The molecule has 0 bridgehead atoms. The molecule has 2 aromatic carbocycles. The minimum absolute atomic E-state index is 0.0750. The molecule has 7 heteroatoms. The molecule has 0 radical (unpaired) electrons. The highest BCUT2D eigenvalue weighted by atomic mass is 16.1. The second kappa shape index (κ2) is 8.65. The first-order valence-electron chi connectivity index (χ1n) is 11.1. The average Bonchev–Trinajstić information content (AvgIpc) is 3.04. The van der Waals surface area contributed by atoms with Crippen molar-refractivity contribution in [2.24, 2.45) is 11.0 Å². The number of hydrogen-bond donors (Lipinski definition) is 2. The van der Waals surface area contributed by atoms with E-state index in [-0.39, 0.29) is 17.1 Å². The molecular weight excluding hydrogens is 412 g/mol. The molecule has 4 aromatic rings. The Morgan fingerprint density at radius 3 is 2.33 bits per heavy atom. The zero-order chi connectivity index (χ0) is 23.8. The van der Waals surface area contributed by atoms with Crippen LogP contribution in [0.25, 0.3) is 22.2 Å². The van der Waals surface area contributed by atoms with E-state index in [1.165, 1.54) is 10.2 Å². The molecule has 2 aromatic heterocycles. The highest BCUT2D eigenvalue weighted by Crippen LogP contribution is 2.28. The third-order valence-electron chi connectivity index (χ3n) is 5.47. The Balaban J connectivity index is 1.81. The van der Waals surface area contributed by atoms with Crippen LogP contribution in [0.3, 0.4) is 0 Å². The van der Waals surface area contributed by atoms with Crippen molar-refractivity contribution in [1.29, 1.82) is 0 Å². The minimum atomic E-state index is -0.278. The number of nitrogens with zero attached hydrogens (tertiary/aromatic N) is 4. The van der Waals surface area contributed by atoms with Gasteiger partial charge in [-0.2, -0.15) is 9.78 Å². The number of fused-ring (bicyclic) bond motifs is 2. The number of aromatic nitrogens is 3. The lowest BCUT2D eigenvalue weighted by molar-refractivity contribution is 0.0951. The quantitative estimate of drug-likeness (QED) is 0.437. The van der Waals surface area contributed by atoms with Crippen LogP contribution in [0.4, 0.5) is 5.82 Å². The molecule has 7 nitrogen and oxygen atoms in total. The van der Waals surface area contributed by atoms with Gasteiger partial charge in [-0.15, -0.1) is 0 Å². The van der Waals surface area contributed by atoms with Gasteiger partial charge in [0.2, 0.25) is 0 Å². The van der Waals surface area contributed by atoms with Crippen LogP contribution in [-0.2, 0) is 5.41 Å². The smallest absolute Gasteiger partial charge is 0.257 e. The van der Waals surface area contributed by atoms with E-state index in [2.05, 4.69) is 43.3 Å².